The number of nitrogens with one attached hydrogen (secondary N) is 1. The van der Waals surface area contributed by atoms with Crippen molar-refractivity contribution in [3.05, 3.63) is 53.7 Å². The Morgan fingerprint density at radius 3 is 2.23 bits per heavy atom. The number of halogens is 3. The first-order valence-electron chi connectivity index (χ1n) is 8.21. The first-order chi connectivity index (χ1) is 12.3. The molecule has 1 N–H and O–H groups in total. The van der Waals surface area contributed by atoms with E-state index in [-0.39, 0.29) is 5.56 Å². The number of amides is 1. The van der Waals surface area contributed by atoms with Crippen molar-refractivity contribution >= 4 is 17.4 Å². The summed E-state index contributed by atoms with van der Waals surface area (Å²) in [5, 5.41) is 2.60. The highest BCUT2D eigenvalue weighted by Gasteiger charge is 2.30. The van der Waals surface area contributed by atoms with Crippen molar-refractivity contribution in [3.63, 3.8) is 0 Å². The Kier molecular flexibility index (Phi) is 5.13. The van der Waals surface area contributed by atoms with Gasteiger partial charge in [-0.05, 0) is 43.4 Å². The Bertz CT molecular complexity index is 752. The molecule has 2 heterocycles. The van der Waals surface area contributed by atoms with Gasteiger partial charge in [0.2, 0.25) is 0 Å². The predicted molar refractivity (Wildman–Crippen MR) is 93.3 cm³/mol. The van der Waals surface area contributed by atoms with Crippen molar-refractivity contribution in [3.8, 4) is 0 Å². The number of aromatic nitrogens is 1. The van der Waals surface area contributed by atoms with Crippen LogP contribution in [0.4, 0.5) is 24.7 Å². The summed E-state index contributed by atoms with van der Waals surface area (Å²) < 4.78 is 37.7. The molecule has 0 atom stereocenters. The van der Waals surface area contributed by atoms with Gasteiger partial charge in [0.1, 0.15) is 5.82 Å². The summed E-state index contributed by atoms with van der Waals surface area (Å²) in [5.74, 6) is -0.147. The van der Waals surface area contributed by atoms with E-state index in [1.54, 1.807) is 12.3 Å². The van der Waals surface area contributed by atoms with Gasteiger partial charge in [0.15, 0.2) is 0 Å². The number of hydrogen-bond acceptors (Lipinski definition) is 4. The molecule has 8 heteroatoms. The summed E-state index contributed by atoms with van der Waals surface area (Å²) >= 11 is 0. The van der Waals surface area contributed by atoms with E-state index in [0.717, 1.165) is 56.1 Å². The fraction of sp³-hybridized carbons (Fsp3) is 0.333. The molecule has 0 bridgehead atoms. The highest BCUT2D eigenvalue weighted by atomic mass is 19.4. The Labute approximate surface area is 149 Å². The van der Waals surface area contributed by atoms with Crippen molar-refractivity contribution in [2.45, 2.75) is 6.18 Å². The number of likely N-dealkylation sites (N-methyl/N-ethyl adjacent to an activating group) is 1. The summed E-state index contributed by atoms with van der Waals surface area (Å²) in [6.45, 7) is 3.78. The minimum absolute atomic E-state index is 0.142. The Balaban J connectivity index is 1.62. The molecule has 0 aliphatic carbocycles. The van der Waals surface area contributed by atoms with Crippen LogP contribution in [0.1, 0.15) is 15.9 Å². The maximum Gasteiger partial charge on any atom is 0.416 e. The molecule has 26 heavy (non-hydrogen) atoms. The van der Waals surface area contributed by atoms with Crippen LogP contribution >= 0.6 is 0 Å². The van der Waals surface area contributed by atoms with Gasteiger partial charge >= 0.3 is 6.18 Å². The summed E-state index contributed by atoms with van der Waals surface area (Å²) in [7, 11) is 2.08. The van der Waals surface area contributed by atoms with Crippen molar-refractivity contribution in [1.29, 1.82) is 0 Å². The molecule has 0 spiro atoms. The number of alkyl halides is 3. The number of hydrogen-bond donors (Lipinski definition) is 1. The van der Waals surface area contributed by atoms with Crippen molar-refractivity contribution < 1.29 is 18.0 Å². The van der Waals surface area contributed by atoms with Gasteiger partial charge in [0, 0.05) is 31.7 Å². The molecule has 1 aliphatic heterocycles. The maximum atomic E-state index is 12.6. The lowest BCUT2D eigenvalue weighted by Crippen LogP contribution is -2.44. The lowest BCUT2D eigenvalue weighted by atomic mass is 10.1. The minimum Gasteiger partial charge on any atom is -0.368 e. The third-order valence-electron chi connectivity index (χ3n) is 4.33. The molecule has 138 valence electrons. The first-order valence-corrected chi connectivity index (χ1v) is 8.21. The third kappa shape index (κ3) is 4.32. The normalized spacial score (nSPS) is 15.8. The predicted octanol–water partition coefficient (Wildman–Crippen LogP) is 3.10. The van der Waals surface area contributed by atoms with Gasteiger partial charge in [0.25, 0.3) is 5.91 Å². The molecule has 1 aliphatic rings. The molecule has 0 radical (unpaired) electrons. The highest BCUT2D eigenvalue weighted by molar-refractivity contribution is 6.03. The second kappa shape index (κ2) is 7.33. The molecular weight excluding hydrogens is 345 g/mol. The lowest BCUT2D eigenvalue weighted by Gasteiger charge is -2.33. The van der Waals surface area contributed by atoms with Crippen LogP contribution in [0.25, 0.3) is 0 Å². The third-order valence-corrected chi connectivity index (χ3v) is 4.33. The molecule has 1 aromatic carbocycles. The molecule has 0 saturated carbocycles. The molecule has 0 unspecified atom stereocenters. The molecule has 1 amide bonds. The van der Waals surface area contributed by atoms with E-state index in [4.69, 9.17) is 0 Å². The minimum atomic E-state index is -4.42. The van der Waals surface area contributed by atoms with Crippen LogP contribution in [0, 0.1) is 0 Å². The monoisotopic (exact) mass is 364 g/mol. The van der Waals surface area contributed by atoms with Gasteiger partial charge in [-0.15, -0.1) is 0 Å². The second-order valence-corrected chi connectivity index (χ2v) is 6.22. The first kappa shape index (κ1) is 18.2. The average Bonchev–Trinajstić information content (AvgIpc) is 2.62. The fourth-order valence-corrected chi connectivity index (χ4v) is 2.71. The molecule has 1 aromatic heterocycles. The van der Waals surface area contributed by atoms with E-state index < -0.39 is 17.6 Å². The van der Waals surface area contributed by atoms with Crippen LogP contribution in [0.15, 0.2) is 42.6 Å². The van der Waals surface area contributed by atoms with Crippen LogP contribution in [-0.2, 0) is 6.18 Å². The molecule has 3 rings (SSSR count). The number of anilines is 2. The Morgan fingerprint density at radius 1 is 1.04 bits per heavy atom. The second-order valence-electron chi connectivity index (χ2n) is 6.22. The molecule has 2 aromatic rings. The van der Waals surface area contributed by atoms with Gasteiger partial charge in [-0.1, -0.05) is 0 Å². The fourth-order valence-electron chi connectivity index (χ4n) is 2.71. The van der Waals surface area contributed by atoms with E-state index in [0.29, 0.717) is 5.82 Å². The zero-order valence-electron chi connectivity index (χ0n) is 14.3. The van der Waals surface area contributed by atoms with Crippen molar-refractivity contribution in [2.24, 2.45) is 0 Å². The molecule has 5 nitrogen and oxygen atoms in total. The van der Waals surface area contributed by atoms with E-state index in [2.05, 4.69) is 27.1 Å². The standard InChI is InChI=1S/C18H19F3N4O/c1-24-8-10-25(11-9-24)15-6-7-16(22-12-15)23-17(26)13-2-4-14(5-3-13)18(19,20)21/h2-7,12H,8-11H2,1H3,(H,22,23,26). The van der Waals surface area contributed by atoms with Gasteiger partial charge in [0.05, 0.1) is 17.4 Å². The SMILES string of the molecule is CN1CCN(c2ccc(NC(=O)c3ccc(C(F)(F)F)cc3)nc2)CC1. The average molecular weight is 364 g/mol. The number of pyridine rings is 1. The highest BCUT2D eigenvalue weighted by Crippen LogP contribution is 2.29. The van der Waals surface area contributed by atoms with Gasteiger partial charge < -0.3 is 15.1 Å². The maximum absolute atomic E-state index is 12.6. The summed E-state index contributed by atoms with van der Waals surface area (Å²) in [6.07, 6.45) is -2.73. The van der Waals surface area contributed by atoms with E-state index in [1.165, 1.54) is 0 Å². The topological polar surface area (TPSA) is 48.5 Å². The van der Waals surface area contributed by atoms with E-state index in [1.807, 2.05) is 6.07 Å². The van der Waals surface area contributed by atoms with Crippen molar-refractivity contribution in [1.82, 2.24) is 9.88 Å². The van der Waals surface area contributed by atoms with Gasteiger partial charge in [-0.2, -0.15) is 13.2 Å². The summed E-state index contributed by atoms with van der Waals surface area (Å²) in [6, 6.07) is 7.64. The van der Waals surface area contributed by atoms with Crippen LogP contribution in [0.2, 0.25) is 0 Å². The van der Waals surface area contributed by atoms with Crippen molar-refractivity contribution in [2.75, 3.05) is 43.4 Å². The van der Waals surface area contributed by atoms with Crippen LogP contribution in [0.5, 0.6) is 0 Å². The smallest absolute Gasteiger partial charge is 0.368 e. The zero-order valence-corrected chi connectivity index (χ0v) is 14.3. The number of nitrogens with zero attached hydrogens (tertiary/aromatic N) is 3. The van der Waals surface area contributed by atoms with E-state index >= 15 is 0 Å². The lowest BCUT2D eigenvalue weighted by molar-refractivity contribution is -0.137. The number of benzene rings is 1. The molecule has 1 saturated heterocycles. The Hall–Kier alpha value is -2.61. The summed E-state index contributed by atoms with van der Waals surface area (Å²) in [4.78, 5) is 20.8. The molecular formula is C18H19F3N4O. The number of piperazine rings is 1. The molecule has 1 fully saturated rings. The van der Waals surface area contributed by atoms with Crippen LogP contribution in [-0.4, -0.2) is 49.0 Å². The zero-order chi connectivity index (χ0) is 18.7. The summed E-state index contributed by atoms with van der Waals surface area (Å²) in [5.41, 5.74) is 0.331. The number of carbonyl (C=O) groups excluding carboxylic acids is 1. The van der Waals surface area contributed by atoms with Gasteiger partial charge in [-0.3, -0.25) is 4.79 Å². The van der Waals surface area contributed by atoms with Gasteiger partial charge in [-0.25, -0.2) is 4.98 Å². The van der Waals surface area contributed by atoms with E-state index in [9.17, 15) is 18.0 Å². The van der Waals surface area contributed by atoms with Crippen LogP contribution < -0.4 is 10.2 Å². The number of carbonyl (C=O) groups is 1. The largest absolute Gasteiger partial charge is 0.416 e. The number of rotatable bonds is 3. The Morgan fingerprint density at radius 2 is 1.69 bits per heavy atom. The quantitative estimate of drug-likeness (QED) is 0.909. The van der Waals surface area contributed by atoms with Crippen LogP contribution in [0.3, 0.4) is 0 Å².